The van der Waals surface area contributed by atoms with Crippen molar-refractivity contribution in [3.05, 3.63) is 17.7 Å². The minimum Gasteiger partial charge on any atom is -0.454 e. The SMILES string of the molecule is CC(C)(C)OC(=O)c1nc(CBr)c[nH]1. The lowest BCUT2D eigenvalue weighted by molar-refractivity contribution is 0.00567. The third-order valence-electron chi connectivity index (χ3n) is 1.36. The quantitative estimate of drug-likeness (QED) is 0.656. The first kappa shape index (κ1) is 11.2. The molecule has 78 valence electrons. The Hall–Kier alpha value is -0.840. The standard InChI is InChI=1S/C9H13BrN2O2/c1-9(2,3)14-8(13)7-11-5-6(4-10)12-7/h5H,4H2,1-3H3,(H,11,12). The second-order valence-corrected chi connectivity index (χ2v) is 4.44. The maximum Gasteiger partial charge on any atom is 0.374 e. The maximum atomic E-state index is 11.5. The summed E-state index contributed by atoms with van der Waals surface area (Å²) < 4.78 is 5.13. The minimum absolute atomic E-state index is 0.245. The van der Waals surface area contributed by atoms with E-state index in [4.69, 9.17) is 4.74 Å². The second kappa shape index (κ2) is 4.13. The number of ether oxygens (including phenoxy) is 1. The van der Waals surface area contributed by atoms with E-state index in [9.17, 15) is 4.79 Å². The monoisotopic (exact) mass is 260 g/mol. The summed E-state index contributed by atoms with van der Waals surface area (Å²) in [6, 6.07) is 0. The number of carbonyl (C=O) groups is 1. The molecule has 0 atom stereocenters. The molecule has 1 N–H and O–H groups in total. The minimum atomic E-state index is -0.488. The van der Waals surface area contributed by atoms with Gasteiger partial charge in [-0.3, -0.25) is 0 Å². The van der Waals surface area contributed by atoms with E-state index in [2.05, 4.69) is 25.9 Å². The van der Waals surface area contributed by atoms with Gasteiger partial charge in [-0.2, -0.15) is 0 Å². The van der Waals surface area contributed by atoms with Gasteiger partial charge in [0.2, 0.25) is 5.82 Å². The van der Waals surface area contributed by atoms with E-state index in [1.165, 1.54) is 0 Å². The van der Waals surface area contributed by atoms with E-state index in [0.29, 0.717) is 5.33 Å². The van der Waals surface area contributed by atoms with Gasteiger partial charge < -0.3 is 9.72 Å². The molecule has 0 amide bonds. The summed E-state index contributed by atoms with van der Waals surface area (Å²) in [6.45, 7) is 5.46. The predicted molar refractivity (Wildman–Crippen MR) is 56.4 cm³/mol. The van der Waals surface area contributed by atoms with E-state index >= 15 is 0 Å². The first-order valence-corrected chi connectivity index (χ1v) is 5.38. The Morgan fingerprint density at radius 2 is 2.29 bits per heavy atom. The Balaban J connectivity index is 2.70. The Kier molecular flexibility index (Phi) is 3.31. The molecule has 0 aliphatic rings. The number of nitrogens with one attached hydrogen (secondary N) is 1. The summed E-state index contributed by atoms with van der Waals surface area (Å²) in [5, 5.41) is 0.617. The normalized spacial score (nSPS) is 11.4. The number of hydrogen-bond donors (Lipinski definition) is 1. The number of rotatable bonds is 2. The van der Waals surface area contributed by atoms with Crippen LogP contribution in [0.15, 0.2) is 6.20 Å². The molecule has 14 heavy (non-hydrogen) atoms. The van der Waals surface area contributed by atoms with Crippen molar-refractivity contribution in [3.8, 4) is 0 Å². The molecule has 1 aromatic rings. The Morgan fingerprint density at radius 1 is 1.64 bits per heavy atom. The number of aromatic nitrogens is 2. The van der Waals surface area contributed by atoms with Crippen LogP contribution in [0.25, 0.3) is 0 Å². The van der Waals surface area contributed by atoms with Crippen molar-refractivity contribution in [2.45, 2.75) is 31.7 Å². The zero-order valence-corrected chi connectivity index (χ0v) is 10.0. The lowest BCUT2D eigenvalue weighted by Gasteiger charge is -2.18. The zero-order chi connectivity index (χ0) is 10.8. The molecule has 0 bridgehead atoms. The molecule has 0 saturated carbocycles. The van der Waals surface area contributed by atoms with Crippen LogP contribution >= 0.6 is 15.9 Å². The van der Waals surface area contributed by atoms with Crippen LogP contribution in [0.5, 0.6) is 0 Å². The first-order valence-electron chi connectivity index (χ1n) is 4.26. The third kappa shape index (κ3) is 3.14. The number of H-pyrrole nitrogens is 1. The largest absolute Gasteiger partial charge is 0.454 e. The molecule has 4 nitrogen and oxygen atoms in total. The summed E-state index contributed by atoms with van der Waals surface area (Å²) in [6.07, 6.45) is 1.67. The van der Waals surface area contributed by atoms with Gasteiger partial charge in [0.25, 0.3) is 0 Å². The molecule has 5 heteroatoms. The van der Waals surface area contributed by atoms with Crippen LogP contribution in [-0.2, 0) is 10.1 Å². The highest BCUT2D eigenvalue weighted by atomic mass is 79.9. The number of aromatic amines is 1. The molecule has 1 rings (SSSR count). The fourth-order valence-corrected chi connectivity index (χ4v) is 1.15. The molecule has 0 fully saturated rings. The number of hydrogen-bond acceptors (Lipinski definition) is 3. The van der Waals surface area contributed by atoms with Crippen molar-refractivity contribution in [2.24, 2.45) is 0 Å². The van der Waals surface area contributed by atoms with E-state index in [0.717, 1.165) is 5.69 Å². The summed E-state index contributed by atoms with van der Waals surface area (Å²) in [5.41, 5.74) is 0.296. The molecular weight excluding hydrogens is 248 g/mol. The average molecular weight is 261 g/mol. The Bertz CT molecular complexity index is 328. The topological polar surface area (TPSA) is 55.0 Å². The van der Waals surface area contributed by atoms with Gasteiger partial charge in [-0.25, -0.2) is 9.78 Å². The van der Waals surface area contributed by atoms with Crippen molar-refractivity contribution in [1.82, 2.24) is 9.97 Å². The molecule has 1 aromatic heterocycles. The van der Waals surface area contributed by atoms with Crippen molar-refractivity contribution in [1.29, 1.82) is 0 Å². The number of carbonyl (C=O) groups excluding carboxylic acids is 1. The molecule has 0 unspecified atom stereocenters. The van der Waals surface area contributed by atoms with Crippen LogP contribution in [0.3, 0.4) is 0 Å². The molecule has 1 heterocycles. The van der Waals surface area contributed by atoms with Gasteiger partial charge >= 0.3 is 5.97 Å². The average Bonchev–Trinajstić information content (AvgIpc) is 2.48. The molecule has 0 aliphatic heterocycles. The van der Waals surface area contributed by atoms with Crippen LogP contribution in [0.4, 0.5) is 0 Å². The van der Waals surface area contributed by atoms with Gasteiger partial charge in [0.05, 0.1) is 5.69 Å². The van der Waals surface area contributed by atoms with Gasteiger partial charge in [-0.15, -0.1) is 0 Å². The summed E-state index contributed by atoms with van der Waals surface area (Å²) in [4.78, 5) is 18.3. The van der Waals surface area contributed by atoms with Gasteiger partial charge in [0.1, 0.15) is 5.60 Å². The summed E-state index contributed by atoms with van der Waals surface area (Å²) in [5.74, 6) is -0.181. The Morgan fingerprint density at radius 3 is 2.71 bits per heavy atom. The summed E-state index contributed by atoms with van der Waals surface area (Å²) in [7, 11) is 0. The van der Waals surface area contributed by atoms with Crippen LogP contribution in [0, 0.1) is 0 Å². The van der Waals surface area contributed by atoms with Crippen LogP contribution in [-0.4, -0.2) is 21.5 Å². The number of halogens is 1. The number of esters is 1. The van der Waals surface area contributed by atoms with Crippen molar-refractivity contribution < 1.29 is 9.53 Å². The molecular formula is C9H13BrN2O2. The zero-order valence-electron chi connectivity index (χ0n) is 8.43. The fraction of sp³-hybridized carbons (Fsp3) is 0.556. The van der Waals surface area contributed by atoms with Crippen molar-refractivity contribution >= 4 is 21.9 Å². The predicted octanol–water partition coefficient (Wildman–Crippen LogP) is 2.26. The van der Waals surface area contributed by atoms with Gasteiger partial charge in [-0.05, 0) is 20.8 Å². The van der Waals surface area contributed by atoms with Gasteiger partial charge in [0, 0.05) is 11.5 Å². The fourth-order valence-electron chi connectivity index (χ4n) is 0.859. The molecule has 0 aliphatic carbocycles. The number of imidazole rings is 1. The lowest BCUT2D eigenvalue weighted by atomic mass is 10.2. The van der Waals surface area contributed by atoms with Gasteiger partial charge in [-0.1, -0.05) is 15.9 Å². The molecule has 0 aromatic carbocycles. The third-order valence-corrected chi connectivity index (χ3v) is 1.93. The van der Waals surface area contributed by atoms with Crippen LogP contribution in [0.1, 0.15) is 37.1 Å². The molecule has 0 saturated heterocycles. The highest BCUT2D eigenvalue weighted by Gasteiger charge is 2.19. The van der Waals surface area contributed by atoms with E-state index < -0.39 is 11.6 Å². The van der Waals surface area contributed by atoms with E-state index in [-0.39, 0.29) is 5.82 Å². The van der Waals surface area contributed by atoms with Crippen LogP contribution in [0.2, 0.25) is 0 Å². The van der Waals surface area contributed by atoms with Crippen molar-refractivity contribution in [2.75, 3.05) is 0 Å². The lowest BCUT2D eigenvalue weighted by Crippen LogP contribution is -2.24. The molecule has 0 radical (unpaired) electrons. The second-order valence-electron chi connectivity index (χ2n) is 3.88. The summed E-state index contributed by atoms with van der Waals surface area (Å²) >= 11 is 3.25. The first-order chi connectivity index (χ1) is 6.42. The highest BCUT2D eigenvalue weighted by molar-refractivity contribution is 9.08. The van der Waals surface area contributed by atoms with E-state index in [1.807, 2.05) is 20.8 Å². The van der Waals surface area contributed by atoms with Crippen molar-refractivity contribution in [3.63, 3.8) is 0 Å². The Labute approximate surface area is 91.2 Å². The maximum absolute atomic E-state index is 11.5. The van der Waals surface area contributed by atoms with Gasteiger partial charge in [0.15, 0.2) is 0 Å². The number of nitrogens with zero attached hydrogens (tertiary/aromatic N) is 1. The highest BCUT2D eigenvalue weighted by Crippen LogP contribution is 2.10. The number of alkyl halides is 1. The van der Waals surface area contributed by atoms with E-state index in [1.54, 1.807) is 6.20 Å². The molecule has 0 spiro atoms. The smallest absolute Gasteiger partial charge is 0.374 e. The van der Waals surface area contributed by atoms with Crippen LogP contribution < -0.4 is 0 Å².